The quantitative estimate of drug-likeness (QED) is 0.894. The van der Waals surface area contributed by atoms with Crippen molar-refractivity contribution in [2.24, 2.45) is 5.92 Å². The van der Waals surface area contributed by atoms with Gasteiger partial charge in [-0.15, -0.1) is 0 Å². The van der Waals surface area contributed by atoms with Crippen LogP contribution in [0.25, 0.3) is 0 Å². The lowest BCUT2D eigenvalue weighted by molar-refractivity contribution is -0.119. The number of aromatic nitrogens is 1. The van der Waals surface area contributed by atoms with E-state index in [0.29, 0.717) is 22.7 Å². The van der Waals surface area contributed by atoms with E-state index in [0.717, 1.165) is 37.1 Å². The maximum atomic E-state index is 12.9. The first-order valence-corrected chi connectivity index (χ1v) is 9.48. The van der Waals surface area contributed by atoms with Gasteiger partial charge in [0.25, 0.3) is 5.91 Å². The number of nitrogens with one attached hydrogen (secondary N) is 1. The second-order valence-electron chi connectivity index (χ2n) is 8.52. The van der Waals surface area contributed by atoms with Crippen LogP contribution in [-0.2, 0) is 16.6 Å². The summed E-state index contributed by atoms with van der Waals surface area (Å²) in [6, 6.07) is 5.79. The highest BCUT2D eigenvalue weighted by atomic mass is 16.5. The molecule has 1 fully saturated rings. The van der Waals surface area contributed by atoms with Crippen LogP contribution in [0.3, 0.4) is 0 Å². The van der Waals surface area contributed by atoms with E-state index in [2.05, 4.69) is 10.5 Å². The van der Waals surface area contributed by atoms with Crippen LogP contribution in [0.2, 0.25) is 0 Å². The molecule has 0 spiro atoms. The maximum absolute atomic E-state index is 12.9. The van der Waals surface area contributed by atoms with Crippen molar-refractivity contribution in [3.8, 4) is 0 Å². The number of hydrogen-bond donors (Lipinski definition) is 1. The summed E-state index contributed by atoms with van der Waals surface area (Å²) in [5.41, 5.74) is 3.57. The van der Waals surface area contributed by atoms with Crippen LogP contribution in [0.1, 0.15) is 61.0 Å². The molecule has 0 unspecified atom stereocenters. The number of aryl methyl sites for hydroxylation is 1. The maximum Gasteiger partial charge on any atom is 0.261 e. The van der Waals surface area contributed by atoms with E-state index < -0.39 is 0 Å². The normalized spacial score (nSPS) is 16.4. The fourth-order valence-corrected chi connectivity index (χ4v) is 3.58. The molecule has 0 bridgehead atoms. The number of rotatable bonds is 3. The zero-order chi connectivity index (χ0) is 19.3. The summed E-state index contributed by atoms with van der Waals surface area (Å²) in [6.07, 6.45) is 2.84. The Balaban J connectivity index is 1.59. The van der Waals surface area contributed by atoms with Gasteiger partial charge in [-0.3, -0.25) is 9.59 Å². The van der Waals surface area contributed by atoms with Crippen molar-refractivity contribution in [1.82, 2.24) is 5.16 Å². The Hall–Kier alpha value is -2.63. The average Bonchev–Trinajstić information content (AvgIpc) is 3.24. The Morgan fingerprint density at radius 1 is 1.26 bits per heavy atom. The van der Waals surface area contributed by atoms with E-state index in [-0.39, 0.29) is 23.1 Å². The topological polar surface area (TPSA) is 75.4 Å². The average molecular weight is 367 g/mol. The molecule has 27 heavy (non-hydrogen) atoms. The lowest BCUT2D eigenvalue weighted by atomic mass is 9.88. The molecule has 6 heteroatoms. The number of benzene rings is 1. The smallest absolute Gasteiger partial charge is 0.261 e. The number of carbonyl (C=O) groups excluding carboxylic acids is 2. The van der Waals surface area contributed by atoms with Gasteiger partial charge in [0.1, 0.15) is 17.0 Å². The summed E-state index contributed by atoms with van der Waals surface area (Å²) in [6.45, 7) is 8.46. The molecule has 0 atom stereocenters. The monoisotopic (exact) mass is 367 g/mol. The number of amides is 2. The van der Waals surface area contributed by atoms with Crippen molar-refractivity contribution in [1.29, 1.82) is 0 Å². The summed E-state index contributed by atoms with van der Waals surface area (Å²) in [5.74, 6) is 0.658. The zero-order valence-corrected chi connectivity index (χ0v) is 16.3. The van der Waals surface area contributed by atoms with E-state index in [1.807, 2.05) is 43.9 Å². The predicted molar refractivity (Wildman–Crippen MR) is 103 cm³/mol. The Kier molecular flexibility index (Phi) is 4.09. The minimum Gasteiger partial charge on any atom is -0.361 e. The molecule has 1 aromatic heterocycles. The Morgan fingerprint density at radius 2 is 2.00 bits per heavy atom. The van der Waals surface area contributed by atoms with Crippen LogP contribution in [0, 0.1) is 12.8 Å². The third-order valence-corrected chi connectivity index (χ3v) is 5.23. The molecule has 1 aliphatic heterocycles. The molecule has 2 aliphatic rings. The van der Waals surface area contributed by atoms with Crippen LogP contribution in [0.5, 0.6) is 0 Å². The Labute approximate surface area is 158 Å². The van der Waals surface area contributed by atoms with Gasteiger partial charge < -0.3 is 14.7 Å². The summed E-state index contributed by atoms with van der Waals surface area (Å²) in [4.78, 5) is 27.3. The molecular formula is C21H25N3O3. The summed E-state index contributed by atoms with van der Waals surface area (Å²) in [7, 11) is 0. The first-order valence-electron chi connectivity index (χ1n) is 9.48. The zero-order valence-electron chi connectivity index (χ0n) is 16.3. The van der Waals surface area contributed by atoms with E-state index in [1.165, 1.54) is 0 Å². The largest absolute Gasteiger partial charge is 0.361 e. The van der Waals surface area contributed by atoms with Crippen molar-refractivity contribution in [2.75, 3.05) is 16.8 Å². The van der Waals surface area contributed by atoms with E-state index in [4.69, 9.17) is 4.52 Å². The van der Waals surface area contributed by atoms with Crippen molar-refractivity contribution >= 4 is 23.2 Å². The van der Waals surface area contributed by atoms with Crippen LogP contribution >= 0.6 is 0 Å². The first kappa shape index (κ1) is 17.8. The van der Waals surface area contributed by atoms with Crippen molar-refractivity contribution in [2.45, 2.75) is 52.4 Å². The standard InChI is InChI=1S/C21H25N3O3/c1-12-17(18(23-27-12)21(2,3)4)19(25)22-15-8-7-13-9-10-24(16(13)11-15)20(26)14-5-6-14/h7-8,11,14H,5-6,9-10H2,1-4H3,(H,22,25). The molecule has 0 radical (unpaired) electrons. The van der Waals surface area contributed by atoms with Gasteiger partial charge in [-0.05, 0) is 43.9 Å². The van der Waals surface area contributed by atoms with Crippen molar-refractivity contribution in [3.05, 3.63) is 40.8 Å². The summed E-state index contributed by atoms with van der Waals surface area (Å²) < 4.78 is 5.27. The minimum atomic E-state index is -0.296. The summed E-state index contributed by atoms with van der Waals surface area (Å²) in [5, 5.41) is 7.04. The molecule has 2 amide bonds. The lowest BCUT2D eigenvalue weighted by Gasteiger charge is -2.18. The SMILES string of the molecule is Cc1onc(C(C)(C)C)c1C(=O)Nc1ccc2c(c1)N(C(=O)C1CC1)CC2. The highest BCUT2D eigenvalue weighted by Crippen LogP contribution is 2.37. The molecule has 1 aliphatic carbocycles. The predicted octanol–water partition coefficient (Wildman–Crippen LogP) is 3.83. The van der Waals surface area contributed by atoms with Gasteiger partial charge in [-0.2, -0.15) is 0 Å². The van der Waals surface area contributed by atoms with Gasteiger partial charge >= 0.3 is 0 Å². The van der Waals surface area contributed by atoms with Gasteiger partial charge in [-0.25, -0.2) is 0 Å². The van der Waals surface area contributed by atoms with Crippen LogP contribution in [0.15, 0.2) is 22.7 Å². The van der Waals surface area contributed by atoms with E-state index in [1.54, 1.807) is 6.92 Å². The minimum absolute atomic E-state index is 0.184. The number of anilines is 2. The van der Waals surface area contributed by atoms with Gasteiger partial charge in [0, 0.05) is 29.3 Å². The molecule has 142 valence electrons. The van der Waals surface area contributed by atoms with Gasteiger partial charge in [0.15, 0.2) is 0 Å². The highest BCUT2D eigenvalue weighted by molar-refractivity contribution is 6.06. The highest BCUT2D eigenvalue weighted by Gasteiger charge is 2.36. The Bertz CT molecular complexity index is 919. The molecule has 2 heterocycles. The second kappa shape index (κ2) is 6.22. The van der Waals surface area contributed by atoms with Crippen molar-refractivity contribution in [3.63, 3.8) is 0 Å². The third kappa shape index (κ3) is 3.24. The second-order valence-corrected chi connectivity index (χ2v) is 8.52. The molecular weight excluding hydrogens is 342 g/mol. The number of fused-ring (bicyclic) bond motifs is 1. The van der Waals surface area contributed by atoms with Gasteiger partial charge in [-0.1, -0.05) is 32.0 Å². The molecule has 4 rings (SSSR count). The van der Waals surface area contributed by atoms with Crippen molar-refractivity contribution < 1.29 is 14.1 Å². The van der Waals surface area contributed by atoms with Crippen LogP contribution in [-0.4, -0.2) is 23.5 Å². The molecule has 1 aromatic carbocycles. The fourth-order valence-electron chi connectivity index (χ4n) is 3.58. The molecule has 6 nitrogen and oxygen atoms in total. The molecule has 0 saturated heterocycles. The van der Waals surface area contributed by atoms with Crippen LogP contribution in [0.4, 0.5) is 11.4 Å². The lowest BCUT2D eigenvalue weighted by Crippen LogP contribution is -2.30. The number of nitrogens with zero attached hydrogens (tertiary/aromatic N) is 2. The third-order valence-electron chi connectivity index (χ3n) is 5.23. The summed E-state index contributed by atoms with van der Waals surface area (Å²) >= 11 is 0. The van der Waals surface area contributed by atoms with E-state index >= 15 is 0 Å². The molecule has 2 aromatic rings. The van der Waals surface area contributed by atoms with Gasteiger partial charge in [0.2, 0.25) is 5.91 Å². The molecule has 1 saturated carbocycles. The molecule has 1 N–H and O–H groups in total. The number of carbonyl (C=O) groups is 2. The number of hydrogen-bond acceptors (Lipinski definition) is 4. The van der Waals surface area contributed by atoms with E-state index in [9.17, 15) is 9.59 Å². The fraction of sp³-hybridized carbons (Fsp3) is 0.476. The van der Waals surface area contributed by atoms with Crippen LogP contribution < -0.4 is 10.2 Å². The first-order chi connectivity index (χ1) is 12.8. The van der Waals surface area contributed by atoms with Gasteiger partial charge in [0.05, 0.1) is 0 Å². The Morgan fingerprint density at radius 3 is 2.67 bits per heavy atom.